The zero-order chi connectivity index (χ0) is 14.2. The van der Waals surface area contributed by atoms with Gasteiger partial charge < -0.3 is 5.73 Å². The fraction of sp³-hybridized carbons (Fsp3) is 0. The molecule has 0 atom stereocenters. The summed E-state index contributed by atoms with van der Waals surface area (Å²) in [5.74, 6) is -1.53. The highest BCUT2D eigenvalue weighted by Crippen LogP contribution is 2.26. The van der Waals surface area contributed by atoms with Gasteiger partial charge in [-0.05, 0) is 62.2 Å². The van der Waals surface area contributed by atoms with Gasteiger partial charge in [0.2, 0.25) is 0 Å². The highest BCUT2D eigenvalue weighted by atomic mass is 79.9. The van der Waals surface area contributed by atoms with Gasteiger partial charge in [-0.25, -0.2) is 8.78 Å². The summed E-state index contributed by atoms with van der Waals surface area (Å²) in [6.45, 7) is 0. The Balaban J connectivity index is 2.49. The van der Waals surface area contributed by atoms with E-state index in [4.69, 9.17) is 5.73 Å². The van der Waals surface area contributed by atoms with E-state index < -0.39 is 17.4 Å². The van der Waals surface area contributed by atoms with Crippen LogP contribution >= 0.6 is 31.9 Å². The van der Waals surface area contributed by atoms with Crippen molar-refractivity contribution in [3.05, 3.63) is 62.0 Å². The van der Waals surface area contributed by atoms with E-state index >= 15 is 0 Å². The summed E-state index contributed by atoms with van der Waals surface area (Å²) in [5.41, 5.74) is 6.11. The molecule has 0 bridgehead atoms. The number of anilines is 1. The molecule has 0 aliphatic rings. The summed E-state index contributed by atoms with van der Waals surface area (Å²) >= 11 is 5.97. The Kier molecular flexibility index (Phi) is 4.01. The van der Waals surface area contributed by atoms with Crippen LogP contribution in [0.1, 0.15) is 15.9 Å². The third kappa shape index (κ3) is 2.84. The fourth-order valence-corrected chi connectivity index (χ4v) is 2.29. The lowest BCUT2D eigenvalue weighted by molar-refractivity contribution is 0.103. The van der Waals surface area contributed by atoms with Crippen LogP contribution in [0, 0.1) is 11.6 Å². The second-order valence-electron chi connectivity index (χ2n) is 3.81. The van der Waals surface area contributed by atoms with Crippen LogP contribution in [0.15, 0.2) is 39.3 Å². The molecule has 0 spiro atoms. The van der Waals surface area contributed by atoms with E-state index in [1.807, 2.05) is 0 Å². The molecule has 2 nitrogen and oxygen atoms in total. The highest BCUT2D eigenvalue weighted by molar-refractivity contribution is 9.10. The fourth-order valence-electron chi connectivity index (χ4n) is 1.55. The average molecular weight is 391 g/mol. The highest BCUT2D eigenvalue weighted by Gasteiger charge is 2.16. The number of benzene rings is 2. The SMILES string of the molecule is Nc1cc(Br)c(F)cc1C(=O)c1ccc(F)c(Br)c1. The van der Waals surface area contributed by atoms with Gasteiger partial charge in [0.15, 0.2) is 5.78 Å². The molecule has 0 saturated heterocycles. The molecule has 0 heterocycles. The lowest BCUT2D eigenvalue weighted by Gasteiger charge is -2.07. The molecular weight excluding hydrogens is 384 g/mol. The molecule has 0 amide bonds. The van der Waals surface area contributed by atoms with E-state index in [2.05, 4.69) is 31.9 Å². The van der Waals surface area contributed by atoms with Crippen LogP contribution in [0.2, 0.25) is 0 Å². The van der Waals surface area contributed by atoms with Crippen molar-refractivity contribution >= 4 is 43.3 Å². The molecule has 0 unspecified atom stereocenters. The van der Waals surface area contributed by atoms with Crippen LogP contribution < -0.4 is 5.73 Å². The number of carbonyl (C=O) groups is 1. The van der Waals surface area contributed by atoms with Crippen LogP contribution in [0.4, 0.5) is 14.5 Å². The summed E-state index contributed by atoms with van der Waals surface area (Å²) in [7, 11) is 0. The number of nitrogen functional groups attached to an aromatic ring is 1. The summed E-state index contributed by atoms with van der Waals surface area (Å²) in [4.78, 5) is 12.2. The van der Waals surface area contributed by atoms with Gasteiger partial charge in [0.1, 0.15) is 11.6 Å². The first-order valence-corrected chi connectivity index (χ1v) is 6.73. The second kappa shape index (κ2) is 5.38. The van der Waals surface area contributed by atoms with Crippen molar-refractivity contribution in [3.8, 4) is 0 Å². The summed E-state index contributed by atoms with van der Waals surface area (Å²) < 4.78 is 26.9. The van der Waals surface area contributed by atoms with Crippen molar-refractivity contribution in [1.82, 2.24) is 0 Å². The Labute approximate surface area is 124 Å². The molecule has 6 heteroatoms. The number of ketones is 1. The normalized spacial score (nSPS) is 10.5. The molecule has 0 aromatic heterocycles. The molecule has 19 heavy (non-hydrogen) atoms. The number of carbonyl (C=O) groups excluding carboxylic acids is 1. The van der Waals surface area contributed by atoms with Crippen molar-refractivity contribution in [2.75, 3.05) is 5.73 Å². The predicted molar refractivity (Wildman–Crippen MR) is 76.0 cm³/mol. The second-order valence-corrected chi connectivity index (χ2v) is 5.52. The third-order valence-electron chi connectivity index (χ3n) is 2.52. The first kappa shape index (κ1) is 14.1. The molecule has 0 aliphatic heterocycles. The maximum absolute atomic E-state index is 13.5. The molecule has 2 aromatic rings. The monoisotopic (exact) mass is 389 g/mol. The Bertz CT molecular complexity index is 674. The Morgan fingerprint density at radius 3 is 2.26 bits per heavy atom. The number of halogens is 4. The molecule has 0 saturated carbocycles. The van der Waals surface area contributed by atoms with E-state index in [9.17, 15) is 13.6 Å². The lowest BCUT2D eigenvalue weighted by Crippen LogP contribution is -2.06. The largest absolute Gasteiger partial charge is 0.398 e. The third-order valence-corrected chi connectivity index (χ3v) is 3.73. The molecule has 2 N–H and O–H groups in total. The molecule has 0 fully saturated rings. The van der Waals surface area contributed by atoms with Gasteiger partial charge in [0, 0.05) is 16.8 Å². The quantitative estimate of drug-likeness (QED) is 0.613. The zero-order valence-corrected chi connectivity index (χ0v) is 12.6. The van der Waals surface area contributed by atoms with E-state index in [0.29, 0.717) is 0 Å². The van der Waals surface area contributed by atoms with Crippen molar-refractivity contribution in [1.29, 1.82) is 0 Å². The average Bonchev–Trinajstić information content (AvgIpc) is 2.36. The summed E-state index contributed by atoms with van der Waals surface area (Å²) in [6, 6.07) is 6.18. The number of hydrogen-bond acceptors (Lipinski definition) is 2. The minimum atomic E-state index is -0.585. The van der Waals surface area contributed by atoms with Crippen molar-refractivity contribution in [3.63, 3.8) is 0 Å². The maximum atomic E-state index is 13.5. The van der Waals surface area contributed by atoms with Crippen LogP contribution in [0.3, 0.4) is 0 Å². The van der Waals surface area contributed by atoms with Crippen molar-refractivity contribution in [2.24, 2.45) is 0 Å². The Morgan fingerprint density at radius 1 is 1.00 bits per heavy atom. The van der Waals surface area contributed by atoms with E-state index in [1.165, 1.54) is 18.2 Å². The topological polar surface area (TPSA) is 43.1 Å². The standard InChI is InChI=1S/C13H7Br2F2NO/c14-8-3-6(1-2-10(8)16)13(19)7-4-11(17)9(15)5-12(7)18/h1-5H,18H2. The van der Waals surface area contributed by atoms with E-state index in [1.54, 1.807) is 0 Å². The van der Waals surface area contributed by atoms with E-state index in [-0.39, 0.29) is 25.8 Å². The van der Waals surface area contributed by atoms with Gasteiger partial charge in [0.05, 0.1) is 8.95 Å². The maximum Gasteiger partial charge on any atom is 0.195 e. The molecule has 98 valence electrons. The van der Waals surface area contributed by atoms with Crippen molar-refractivity contribution < 1.29 is 13.6 Å². The molecule has 2 rings (SSSR count). The van der Waals surface area contributed by atoms with Crippen LogP contribution in [-0.2, 0) is 0 Å². The first-order chi connectivity index (χ1) is 8.90. The van der Waals surface area contributed by atoms with Gasteiger partial charge in [-0.15, -0.1) is 0 Å². The number of hydrogen-bond donors (Lipinski definition) is 1. The molecular formula is C13H7Br2F2NO. The summed E-state index contributed by atoms with van der Waals surface area (Å²) in [5, 5.41) is 0. The van der Waals surface area contributed by atoms with Crippen LogP contribution in [0.25, 0.3) is 0 Å². The van der Waals surface area contributed by atoms with Gasteiger partial charge in [0.25, 0.3) is 0 Å². The van der Waals surface area contributed by atoms with Gasteiger partial charge in [-0.3, -0.25) is 4.79 Å². The lowest BCUT2D eigenvalue weighted by atomic mass is 10.0. The molecule has 0 radical (unpaired) electrons. The van der Waals surface area contributed by atoms with Crippen molar-refractivity contribution in [2.45, 2.75) is 0 Å². The zero-order valence-electron chi connectivity index (χ0n) is 9.38. The summed E-state index contributed by atoms with van der Waals surface area (Å²) in [6.07, 6.45) is 0. The van der Waals surface area contributed by atoms with Gasteiger partial charge >= 0.3 is 0 Å². The first-order valence-electron chi connectivity index (χ1n) is 5.14. The van der Waals surface area contributed by atoms with Gasteiger partial charge in [-0.2, -0.15) is 0 Å². The Hall–Kier alpha value is -1.27. The number of nitrogens with two attached hydrogens (primary N) is 1. The van der Waals surface area contributed by atoms with E-state index in [0.717, 1.165) is 12.1 Å². The number of rotatable bonds is 2. The minimum Gasteiger partial charge on any atom is -0.398 e. The van der Waals surface area contributed by atoms with Crippen LogP contribution in [-0.4, -0.2) is 5.78 Å². The predicted octanol–water partition coefficient (Wildman–Crippen LogP) is 4.30. The molecule has 0 aliphatic carbocycles. The smallest absolute Gasteiger partial charge is 0.195 e. The van der Waals surface area contributed by atoms with Crippen LogP contribution in [0.5, 0.6) is 0 Å². The Morgan fingerprint density at radius 2 is 1.63 bits per heavy atom. The minimum absolute atomic E-state index is 0.0409. The van der Waals surface area contributed by atoms with Gasteiger partial charge in [-0.1, -0.05) is 0 Å². The molecule has 2 aromatic carbocycles.